The topological polar surface area (TPSA) is 53.4 Å². The van der Waals surface area contributed by atoms with E-state index in [0.29, 0.717) is 6.42 Å². The summed E-state index contributed by atoms with van der Waals surface area (Å²) in [4.78, 5) is 19.1. The van der Waals surface area contributed by atoms with Crippen LogP contribution in [-0.4, -0.2) is 40.1 Å². The number of aliphatic hydroxyl groups excluding tert-OH is 1. The molecule has 0 spiro atoms. The van der Waals surface area contributed by atoms with Crippen molar-refractivity contribution in [3.63, 3.8) is 0 Å². The van der Waals surface area contributed by atoms with Gasteiger partial charge in [-0.2, -0.15) is 0 Å². The van der Waals surface area contributed by atoms with E-state index in [1.807, 2.05) is 47.4 Å². The van der Waals surface area contributed by atoms with Gasteiger partial charge >= 0.3 is 0 Å². The fraction of sp³-hybridized carbons (Fsp3) is 0.400. The van der Waals surface area contributed by atoms with Crippen LogP contribution in [0.5, 0.6) is 0 Å². The summed E-state index contributed by atoms with van der Waals surface area (Å²) >= 11 is 1.69. The third kappa shape index (κ3) is 4.83. The molecule has 0 aliphatic carbocycles. The summed E-state index contributed by atoms with van der Waals surface area (Å²) in [5, 5.41) is 10.2. The van der Waals surface area contributed by atoms with Crippen LogP contribution in [-0.2, 0) is 5.75 Å². The molecular weight excluding hydrogens is 332 g/mol. The fourth-order valence-electron chi connectivity index (χ4n) is 3.22. The summed E-state index contributed by atoms with van der Waals surface area (Å²) in [7, 11) is 0. The zero-order valence-electron chi connectivity index (χ0n) is 14.3. The van der Waals surface area contributed by atoms with Gasteiger partial charge in [-0.3, -0.25) is 4.79 Å². The monoisotopic (exact) mass is 356 g/mol. The number of rotatable bonds is 6. The number of nitrogens with zero attached hydrogens (tertiary/aromatic N) is 2. The molecule has 25 heavy (non-hydrogen) atoms. The Morgan fingerprint density at radius 2 is 2.04 bits per heavy atom. The van der Waals surface area contributed by atoms with E-state index in [-0.39, 0.29) is 18.6 Å². The van der Waals surface area contributed by atoms with Gasteiger partial charge in [0, 0.05) is 36.7 Å². The van der Waals surface area contributed by atoms with E-state index in [9.17, 15) is 9.90 Å². The first-order valence-corrected chi connectivity index (χ1v) is 9.81. The maximum atomic E-state index is 12.8. The smallest absolute Gasteiger partial charge is 0.254 e. The maximum Gasteiger partial charge on any atom is 0.254 e. The zero-order chi connectivity index (χ0) is 17.5. The lowest BCUT2D eigenvalue weighted by atomic mass is 9.98. The molecule has 0 bridgehead atoms. The molecule has 3 rings (SSSR count). The standard InChI is InChI=1S/C20H24N2O2S/c23-14-11-18-5-2-4-13-22(18)20(24)17-9-7-16(8-10-17)15-25-19-6-1-3-12-21-19/h1,3,6-10,12,18,23H,2,4-5,11,13-15H2/t18-/m1/s1. The zero-order valence-corrected chi connectivity index (χ0v) is 15.1. The second-order valence-corrected chi connectivity index (χ2v) is 7.31. The number of likely N-dealkylation sites (tertiary alicyclic amines) is 1. The Hall–Kier alpha value is -1.85. The lowest BCUT2D eigenvalue weighted by Gasteiger charge is -2.35. The number of aromatic nitrogens is 1. The van der Waals surface area contributed by atoms with Crippen LogP contribution in [0.4, 0.5) is 0 Å². The highest BCUT2D eigenvalue weighted by molar-refractivity contribution is 7.98. The highest BCUT2D eigenvalue weighted by atomic mass is 32.2. The molecule has 1 aromatic heterocycles. The van der Waals surface area contributed by atoms with Gasteiger partial charge < -0.3 is 10.0 Å². The van der Waals surface area contributed by atoms with E-state index < -0.39 is 0 Å². The summed E-state index contributed by atoms with van der Waals surface area (Å²) in [5.74, 6) is 0.921. The highest BCUT2D eigenvalue weighted by Gasteiger charge is 2.26. The molecule has 1 atom stereocenters. The Bertz CT molecular complexity index is 674. The number of hydrogen-bond donors (Lipinski definition) is 1. The van der Waals surface area contributed by atoms with Gasteiger partial charge in [-0.1, -0.05) is 18.2 Å². The number of carbonyl (C=O) groups excluding carboxylic acids is 1. The van der Waals surface area contributed by atoms with Crippen LogP contribution < -0.4 is 0 Å². The molecule has 2 aromatic rings. The first-order chi connectivity index (χ1) is 12.3. The van der Waals surface area contributed by atoms with E-state index in [1.54, 1.807) is 18.0 Å². The van der Waals surface area contributed by atoms with Gasteiger partial charge in [-0.05, 0) is 55.5 Å². The average molecular weight is 356 g/mol. The minimum atomic E-state index is 0.0853. The fourth-order valence-corrected chi connectivity index (χ4v) is 4.03. The van der Waals surface area contributed by atoms with Crippen molar-refractivity contribution in [1.82, 2.24) is 9.88 Å². The van der Waals surface area contributed by atoms with E-state index in [4.69, 9.17) is 0 Å². The highest BCUT2D eigenvalue weighted by Crippen LogP contribution is 2.23. The lowest BCUT2D eigenvalue weighted by Crippen LogP contribution is -2.44. The molecule has 0 saturated carbocycles. The van der Waals surface area contributed by atoms with Crippen LogP contribution in [0.3, 0.4) is 0 Å². The van der Waals surface area contributed by atoms with Crippen molar-refractivity contribution in [2.75, 3.05) is 13.2 Å². The molecule has 1 aliphatic rings. The number of benzene rings is 1. The molecule has 1 saturated heterocycles. The number of hydrogen-bond acceptors (Lipinski definition) is 4. The Morgan fingerprint density at radius 3 is 2.76 bits per heavy atom. The molecule has 1 fully saturated rings. The minimum absolute atomic E-state index is 0.0853. The average Bonchev–Trinajstić information content (AvgIpc) is 2.68. The summed E-state index contributed by atoms with van der Waals surface area (Å²) < 4.78 is 0. The largest absolute Gasteiger partial charge is 0.396 e. The quantitative estimate of drug-likeness (QED) is 0.801. The number of thioether (sulfide) groups is 1. The number of piperidine rings is 1. The SMILES string of the molecule is O=C(c1ccc(CSc2ccccn2)cc1)N1CCCC[C@@H]1CCO. The molecule has 4 nitrogen and oxygen atoms in total. The molecule has 5 heteroatoms. The number of carbonyl (C=O) groups is 1. The van der Waals surface area contributed by atoms with Gasteiger partial charge in [-0.25, -0.2) is 4.98 Å². The second-order valence-electron chi connectivity index (χ2n) is 6.31. The molecule has 1 N–H and O–H groups in total. The first kappa shape index (κ1) is 18.0. The van der Waals surface area contributed by atoms with E-state index in [0.717, 1.165) is 42.1 Å². The summed E-state index contributed by atoms with van der Waals surface area (Å²) in [6.45, 7) is 0.929. The predicted molar refractivity (Wildman–Crippen MR) is 101 cm³/mol. The van der Waals surface area contributed by atoms with Crippen molar-refractivity contribution in [1.29, 1.82) is 0 Å². The Kier molecular flexibility index (Phi) is 6.48. The van der Waals surface area contributed by atoms with Crippen molar-refractivity contribution in [3.05, 3.63) is 59.8 Å². The van der Waals surface area contributed by atoms with E-state index in [2.05, 4.69) is 4.98 Å². The van der Waals surface area contributed by atoms with Crippen molar-refractivity contribution < 1.29 is 9.90 Å². The van der Waals surface area contributed by atoms with Gasteiger partial charge in [0.25, 0.3) is 5.91 Å². The Labute approximate surface area is 153 Å². The molecule has 132 valence electrons. The van der Waals surface area contributed by atoms with Crippen LogP contribution in [0.25, 0.3) is 0 Å². The molecular formula is C20H24N2O2S. The molecule has 2 heterocycles. The van der Waals surface area contributed by atoms with Crippen molar-refractivity contribution in [2.45, 2.75) is 42.5 Å². The van der Waals surface area contributed by atoms with Crippen LogP contribution in [0.15, 0.2) is 53.7 Å². The Balaban J connectivity index is 1.61. The molecule has 0 unspecified atom stereocenters. The van der Waals surface area contributed by atoms with Gasteiger partial charge in [0.05, 0.1) is 5.03 Å². The van der Waals surface area contributed by atoms with Crippen molar-refractivity contribution >= 4 is 17.7 Å². The normalized spacial score (nSPS) is 17.5. The summed E-state index contributed by atoms with van der Waals surface area (Å²) in [6, 6.07) is 13.9. The number of amides is 1. The van der Waals surface area contributed by atoms with Crippen molar-refractivity contribution in [2.24, 2.45) is 0 Å². The van der Waals surface area contributed by atoms with Crippen LogP contribution in [0.1, 0.15) is 41.6 Å². The van der Waals surface area contributed by atoms with Gasteiger partial charge in [-0.15, -0.1) is 11.8 Å². The molecule has 1 amide bonds. The van der Waals surface area contributed by atoms with Crippen molar-refractivity contribution in [3.8, 4) is 0 Å². The molecule has 0 radical (unpaired) electrons. The number of pyridine rings is 1. The lowest BCUT2D eigenvalue weighted by molar-refractivity contribution is 0.0574. The van der Waals surface area contributed by atoms with E-state index >= 15 is 0 Å². The molecule has 1 aliphatic heterocycles. The third-order valence-corrected chi connectivity index (χ3v) is 5.59. The minimum Gasteiger partial charge on any atom is -0.396 e. The third-order valence-electron chi connectivity index (χ3n) is 4.58. The van der Waals surface area contributed by atoms with Gasteiger partial charge in [0.15, 0.2) is 0 Å². The second kappa shape index (κ2) is 9.02. The van der Waals surface area contributed by atoms with Crippen LogP contribution >= 0.6 is 11.8 Å². The van der Waals surface area contributed by atoms with Crippen LogP contribution in [0.2, 0.25) is 0 Å². The van der Waals surface area contributed by atoms with Gasteiger partial charge in [0.2, 0.25) is 0 Å². The first-order valence-electron chi connectivity index (χ1n) is 8.82. The van der Waals surface area contributed by atoms with Crippen LogP contribution in [0, 0.1) is 0 Å². The maximum absolute atomic E-state index is 12.8. The molecule has 1 aromatic carbocycles. The van der Waals surface area contributed by atoms with E-state index in [1.165, 1.54) is 5.56 Å². The summed E-state index contributed by atoms with van der Waals surface area (Å²) in [5.41, 5.74) is 1.91. The Morgan fingerprint density at radius 1 is 1.20 bits per heavy atom. The van der Waals surface area contributed by atoms with Gasteiger partial charge in [0.1, 0.15) is 0 Å². The predicted octanol–water partition coefficient (Wildman–Crippen LogP) is 3.75. The number of aliphatic hydroxyl groups is 1. The summed E-state index contributed by atoms with van der Waals surface area (Å²) in [6.07, 6.45) is 5.64.